The molecule has 0 aromatic heterocycles. The molecule has 1 atom stereocenters. The van der Waals surface area contributed by atoms with Crippen molar-refractivity contribution >= 4 is 11.6 Å². The summed E-state index contributed by atoms with van der Waals surface area (Å²) in [5.74, 6) is 0. The molecule has 1 rings (SSSR count). The number of benzene rings is 1. The van der Waals surface area contributed by atoms with Crippen LogP contribution in [0.15, 0.2) is 24.3 Å². The van der Waals surface area contributed by atoms with Crippen molar-refractivity contribution in [1.82, 2.24) is 0 Å². The Morgan fingerprint density at radius 3 is 2.64 bits per heavy atom. The first-order chi connectivity index (χ1) is 6.48. The molecule has 3 heteroatoms. The lowest BCUT2D eigenvalue weighted by Gasteiger charge is -2.31. The zero-order valence-corrected chi connectivity index (χ0v) is 9.25. The quantitative estimate of drug-likeness (QED) is 0.806. The third kappa shape index (κ3) is 2.27. The monoisotopic (exact) mass is 213 g/mol. The van der Waals surface area contributed by atoms with Crippen molar-refractivity contribution in [2.75, 3.05) is 6.61 Å². The Morgan fingerprint density at radius 1 is 1.50 bits per heavy atom. The molecule has 0 amide bonds. The summed E-state index contributed by atoms with van der Waals surface area (Å²) in [4.78, 5) is 0. The number of aliphatic hydroxyl groups excluding tert-OH is 1. The van der Waals surface area contributed by atoms with Gasteiger partial charge in [0.2, 0.25) is 0 Å². The second-order valence-corrected chi connectivity index (χ2v) is 4.46. The molecule has 0 aliphatic rings. The molecule has 1 aromatic carbocycles. The van der Waals surface area contributed by atoms with Gasteiger partial charge in [-0.2, -0.15) is 0 Å². The molecule has 1 aromatic rings. The topological polar surface area (TPSA) is 46.2 Å². The van der Waals surface area contributed by atoms with Crippen molar-refractivity contribution in [2.24, 2.45) is 5.73 Å². The summed E-state index contributed by atoms with van der Waals surface area (Å²) in [5, 5.41) is 9.74. The lowest BCUT2D eigenvalue weighted by molar-refractivity contribution is 0.220. The minimum absolute atomic E-state index is 0.0283. The fourth-order valence-electron chi connectivity index (χ4n) is 1.33. The van der Waals surface area contributed by atoms with Gasteiger partial charge in [0.15, 0.2) is 0 Å². The zero-order valence-electron chi connectivity index (χ0n) is 8.50. The zero-order chi connectivity index (χ0) is 10.8. The molecule has 2 nitrogen and oxygen atoms in total. The Labute approximate surface area is 89.7 Å². The van der Waals surface area contributed by atoms with Crippen LogP contribution in [0, 0.1) is 0 Å². The second kappa shape index (κ2) is 4.30. The van der Waals surface area contributed by atoms with Crippen LogP contribution in [0.1, 0.15) is 19.4 Å². The average Bonchev–Trinajstić information content (AvgIpc) is 2.16. The summed E-state index contributed by atoms with van der Waals surface area (Å²) in [6.07, 6.45) is 0. The summed E-state index contributed by atoms with van der Waals surface area (Å²) < 4.78 is 0. The fourth-order valence-corrected chi connectivity index (χ4v) is 1.52. The summed E-state index contributed by atoms with van der Waals surface area (Å²) in [6, 6.07) is 7.30. The van der Waals surface area contributed by atoms with Crippen molar-refractivity contribution in [2.45, 2.75) is 25.3 Å². The number of halogens is 1. The van der Waals surface area contributed by atoms with Crippen LogP contribution < -0.4 is 5.73 Å². The van der Waals surface area contributed by atoms with Crippen molar-refractivity contribution in [3.8, 4) is 0 Å². The third-order valence-corrected chi connectivity index (χ3v) is 2.93. The first-order valence-electron chi connectivity index (χ1n) is 4.61. The largest absolute Gasteiger partial charge is 0.395 e. The highest BCUT2D eigenvalue weighted by Gasteiger charge is 2.27. The lowest BCUT2D eigenvalue weighted by Crippen LogP contribution is -2.43. The molecule has 0 radical (unpaired) electrons. The highest BCUT2D eigenvalue weighted by Crippen LogP contribution is 2.27. The SMILES string of the molecule is CC(C)(c1cccc(Cl)c1)C(N)CO. The maximum Gasteiger partial charge on any atom is 0.0591 e. The highest BCUT2D eigenvalue weighted by atomic mass is 35.5. The van der Waals surface area contributed by atoms with Crippen LogP contribution in [0.4, 0.5) is 0 Å². The first-order valence-corrected chi connectivity index (χ1v) is 4.98. The Balaban J connectivity index is 3.03. The van der Waals surface area contributed by atoms with E-state index in [1.165, 1.54) is 0 Å². The Kier molecular flexibility index (Phi) is 3.53. The van der Waals surface area contributed by atoms with E-state index in [-0.39, 0.29) is 18.1 Å². The molecule has 78 valence electrons. The van der Waals surface area contributed by atoms with E-state index in [2.05, 4.69) is 0 Å². The van der Waals surface area contributed by atoms with E-state index in [0.717, 1.165) is 5.56 Å². The van der Waals surface area contributed by atoms with Gasteiger partial charge >= 0.3 is 0 Å². The van der Waals surface area contributed by atoms with Gasteiger partial charge in [0, 0.05) is 16.5 Å². The van der Waals surface area contributed by atoms with E-state index < -0.39 is 0 Å². The van der Waals surface area contributed by atoms with Gasteiger partial charge in [0.25, 0.3) is 0 Å². The third-order valence-electron chi connectivity index (χ3n) is 2.69. The van der Waals surface area contributed by atoms with E-state index in [9.17, 15) is 0 Å². The molecule has 0 spiro atoms. The minimum atomic E-state index is -0.277. The molecule has 0 aliphatic heterocycles. The van der Waals surface area contributed by atoms with Gasteiger partial charge in [-0.3, -0.25) is 0 Å². The van der Waals surface area contributed by atoms with Crippen LogP contribution in [0.3, 0.4) is 0 Å². The van der Waals surface area contributed by atoms with Crippen LogP contribution in [0.5, 0.6) is 0 Å². The van der Waals surface area contributed by atoms with Gasteiger partial charge in [-0.25, -0.2) is 0 Å². The van der Waals surface area contributed by atoms with Crippen LogP contribution in [-0.2, 0) is 5.41 Å². The van der Waals surface area contributed by atoms with Gasteiger partial charge in [0.05, 0.1) is 6.61 Å². The minimum Gasteiger partial charge on any atom is -0.395 e. The highest BCUT2D eigenvalue weighted by molar-refractivity contribution is 6.30. The molecular formula is C11H16ClNO. The van der Waals surface area contributed by atoms with Crippen molar-refractivity contribution in [3.05, 3.63) is 34.9 Å². The molecule has 1 unspecified atom stereocenters. The van der Waals surface area contributed by atoms with E-state index in [1.54, 1.807) is 0 Å². The number of hydrogen-bond donors (Lipinski definition) is 2. The van der Waals surface area contributed by atoms with Crippen molar-refractivity contribution in [1.29, 1.82) is 0 Å². The van der Waals surface area contributed by atoms with E-state index in [4.69, 9.17) is 22.4 Å². The van der Waals surface area contributed by atoms with Gasteiger partial charge in [0.1, 0.15) is 0 Å². The summed E-state index contributed by atoms with van der Waals surface area (Å²) >= 11 is 5.90. The predicted octanol–water partition coefficient (Wildman–Crippen LogP) is 1.94. The lowest BCUT2D eigenvalue weighted by atomic mass is 9.78. The van der Waals surface area contributed by atoms with E-state index in [0.29, 0.717) is 5.02 Å². The Morgan fingerprint density at radius 2 is 2.14 bits per heavy atom. The van der Waals surface area contributed by atoms with E-state index >= 15 is 0 Å². The molecule has 0 saturated heterocycles. The number of rotatable bonds is 3. The van der Waals surface area contributed by atoms with Crippen LogP contribution >= 0.6 is 11.6 Å². The molecule has 0 aliphatic carbocycles. The summed E-state index contributed by atoms with van der Waals surface area (Å²) in [6.45, 7) is 3.97. The summed E-state index contributed by atoms with van der Waals surface area (Å²) in [5.41, 5.74) is 6.62. The maximum atomic E-state index is 9.04. The average molecular weight is 214 g/mol. The van der Waals surface area contributed by atoms with Crippen LogP contribution in [0.25, 0.3) is 0 Å². The standard InChI is InChI=1S/C11H16ClNO/c1-11(2,10(13)7-14)8-4-3-5-9(12)6-8/h3-6,10,14H,7,13H2,1-2H3. The first kappa shape index (κ1) is 11.5. The normalized spacial score (nSPS) is 14.1. The molecule has 0 heterocycles. The number of aliphatic hydroxyl groups is 1. The van der Waals surface area contributed by atoms with E-state index in [1.807, 2.05) is 38.1 Å². The van der Waals surface area contributed by atoms with Gasteiger partial charge in [-0.05, 0) is 17.7 Å². The van der Waals surface area contributed by atoms with Gasteiger partial charge < -0.3 is 10.8 Å². The predicted molar refractivity (Wildman–Crippen MR) is 59.5 cm³/mol. The molecule has 3 N–H and O–H groups in total. The number of hydrogen-bond acceptors (Lipinski definition) is 2. The van der Waals surface area contributed by atoms with Crippen molar-refractivity contribution in [3.63, 3.8) is 0 Å². The number of nitrogens with two attached hydrogens (primary N) is 1. The molecular weight excluding hydrogens is 198 g/mol. The van der Waals surface area contributed by atoms with Crippen LogP contribution in [0.2, 0.25) is 5.02 Å². The summed E-state index contributed by atoms with van der Waals surface area (Å²) in [7, 11) is 0. The smallest absolute Gasteiger partial charge is 0.0591 e. The Bertz CT molecular complexity index is 312. The maximum absolute atomic E-state index is 9.04. The van der Waals surface area contributed by atoms with Gasteiger partial charge in [-0.15, -0.1) is 0 Å². The Hall–Kier alpha value is -0.570. The molecule has 0 fully saturated rings. The fraction of sp³-hybridized carbons (Fsp3) is 0.455. The molecule has 0 bridgehead atoms. The van der Waals surface area contributed by atoms with Crippen molar-refractivity contribution < 1.29 is 5.11 Å². The van der Waals surface area contributed by atoms with Crippen LogP contribution in [-0.4, -0.2) is 17.8 Å². The van der Waals surface area contributed by atoms with Gasteiger partial charge in [-0.1, -0.05) is 37.6 Å². The second-order valence-electron chi connectivity index (χ2n) is 4.02. The molecule has 0 saturated carbocycles. The molecule has 14 heavy (non-hydrogen) atoms.